The van der Waals surface area contributed by atoms with Gasteiger partial charge in [0.15, 0.2) is 8.32 Å². The molecule has 6 heteroatoms. The number of rotatable bonds is 8. The van der Waals surface area contributed by atoms with E-state index < -0.39 is 14.4 Å². The summed E-state index contributed by atoms with van der Waals surface area (Å²) in [4.78, 5) is 0. The molecule has 0 aliphatic heterocycles. The summed E-state index contributed by atoms with van der Waals surface area (Å²) in [6, 6.07) is 5.49. The molecule has 0 saturated carbocycles. The number of halogens is 2. The van der Waals surface area contributed by atoms with Crippen LogP contribution in [0.2, 0.25) is 28.2 Å². The van der Waals surface area contributed by atoms with E-state index >= 15 is 0 Å². The van der Waals surface area contributed by atoms with Crippen LogP contribution in [0.4, 0.5) is 0 Å². The second-order valence-electron chi connectivity index (χ2n) is 8.22. The highest BCUT2D eigenvalue weighted by Crippen LogP contribution is 2.43. The first kappa shape index (κ1) is 22.9. The first-order chi connectivity index (χ1) is 11.4. The van der Waals surface area contributed by atoms with Gasteiger partial charge in [0, 0.05) is 22.7 Å². The highest BCUT2D eigenvalue weighted by Gasteiger charge is 2.42. The molecule has 0 aliphatic carbocycles. The molecule has 0 radical (unpaired) electrons. The molecule has 1 rings (SSSR count). The molecule has 0 unspecified atom stereocenters. The Bertz CT molecular complexity index is 536. The van der Waals surface area contributed by atoms with Crippen LogP contribution in [0.1, 0.15) is 46.3 Å². The molecule has 0 saturated heterocycles. The van der Waals surface area contributed by atoms with E-state index in [-0.39, 0.29) is 23.9 Å². The van der Waals surface area contributed by atoms with E-state index in [1.54, 1.807) is 7.11 Å². The Kier molecular flexibility index (Phi) is 8.44. The van der Waals surface area contributed by atoms with Gasteiger partial charge >= 0.3 is 0 Å². The maximum atomic E-state index is 6.73. The Morgan fingerprint density at radius 1 is 1.08 bits per heavy atom. The Morgan fingerprint density at radius 2 is 1.60 bits per heavy atom. The summed E-state index contributed by atoms with van der Waals surface area (Å²) in [7, 11) is -0.406. The largest absolute Gasteiger partial charge is 0.411 e. The molecule has 1 aromatic carbocycles. The first-order valence-electron chi connectivity index (χ1n) is 8.64. The highest BCUT2D eigenvalue weighted by atomic mass is 35.5. The Morgan fingerprint density at radius 3 is 2.00 bits per heavy atom. The van der Waals surface area contributed by atoms with Crippen LogP contribution in [0.25, 0.3) is 0 Å². The third-order valence-corrected chi connectivity index (χ3v) is 9.97. The third kappa shape index (κ3) is 5.95. The fraction of sp³-hybridized carbons (Fsp3) is 0.684. The molecule has 0 spiro atoms. The van der Waals surface area contributed by atoms with Crippen LogP contribution in [0.3, 0.4) is 0 Å². The van der Waals surface area contributed by atoms with Gasteiger partial charge in [-0.05, 0) is 36.2 Å². The topological polar surface area (TPSA) is 27.7 Å². The lowest BCUT2D eigenvalue weighted by molar-refractivity contribution is -0.120. The van der Waals surface area contributed by atoms with Gasteiger partial charge in [-0.15, -0.1) is 0 Å². The first-order valence-corrected chi connectivity index (χ1v) is 12.3. The molecule has 144 valence electrons. The van der Waals surface area contributed by atoms with Crippen molar-refractivity contribution in [1.29, 1.82) is 0 Å². The summed E-state index contributed by atoms with van der Waals surface area (Å²) >= 11 is 12.9. The van der Waals surface area contributed by atoms with Gasteiger partial charge < -0.3 is 13.9 Å². The van der Waals surface area contributed by atoms with Gasteiger partial charge in [0.25, 0.3) is 0 Å². The van der Waals surface area contributed by atoms with Crippen molar-refractivity contribution < 1.29 is 13.9 Å². The smallest absolute Gasteiger partial charge is 0.192 e. The van der Waals surface area contributed by atoms with Crippen molar-refractivity contribution in [1.82, 2.24) is 0 Å². The lowest BCUT2D eigenvalue weighted by Gasteiger charge is -2.43. The number of hydrogen-bond donors (Lipinski definition) is 0. The van der Waals surface area contributed by atoms with Crippen molar-refractivity contribution >= 4 is 31.5 Å². The van der Waals surface area contributed by atoms with Crippen LogP contribution in [-0.4, -0.2) is 28.3 Å². The number of ether oxygens (including phenoxy) is 2. The molecule has 0 fully saturated rings. The predicted octanol–water partition coefficient (Wildman–Crippen LogP) is 6.70. The van der Waals surface area contributed by atoms with Gasteiger partial charge in [0.2, 0.25) is 0 Å². The maximum Gasteiger partial charge on any atom is 0.192 e. The van der Waals surface area contributed by atoms with E-state index in [4.69, 9.17) is 37.1 Å². The van der Waals surface area contributed by atoms with Crippen molar-refractivity contribution in [2.45, 2.75) is 65.0 Å². The summed E-state index contributed by atoms with van der Waals surface area (Å²) in [5.41, 5.74) is 0.764. The molecule has 2 atom stereocenters. The zero-order valence-electron chi connectivity index (χ0n) is 16.7. The lowest BCUT2D eigenvalue weighted by Crippen LogP contribution is -2.47. The summed E-state index contributed by atoms with van der Waals surface area (Å²) in [5, 5.41) is 1.26. The van der Waals surface area contributed by atoms with E-state index in [2.05, 4.69) is 47.7 Å². The van der Waals surface area contributed by atoms with Crippen LogP contribution < -0.4 is 0 Å². The number of methoxy groups -OCH3 is 1. The normalized spacial score (nSPS) is 15.5. The van der Waals surface area contributed by atoms with Gasteiger partial charge in [-0.1, -0.05) is 63.9 Å². The molecule has 0 aromatic heterocycles. The van der Waals surface area contributed by atoms with Gasteiger partial charge in [-0.2, -0.15) is 0 Å². The Balaban J connectivity index is 3.33. The van der Waals surface area contributed by atoms with Crippen LogP contribution in [-0.2, 0) is 13.9 Å². The van der Waals surface area contributed by atoms with Gasteiger partial charge in [-0.25, -0.2) is 0 Å². The van der Waals surface area contributed by atoms with E-state index in [9.17, 15) is 0 Å². The van der Waals surface area contributed by atoms with Gasteiger partial charge in [0.05, 0.1) is 6.10 Å². The summed E-state index contributed by atoms with van der Waals surface area (Å²) in [6.45, 7) is 15.6. The molecule has 3 nitrogen and oxygen atoms in total. The average molecular weight is 407 g/mol. The highest BCUT2D eigenvalue weighted by molar-refractivity contribution is 6.74. The predicted molar refractivity (Wildman–Crippen MR) is 109 cm³/mol. The van der Waals surface area contributed by atoms with Crippen molar-refractivity contribution in [3.05, 3.63) is 33.8 Å². The van der Waals surface area contributed by atoms with Crippen LogP contribution in [0, 0.1) is 5.92 Å². The zero-order chi connectivity index (χ0) is 19.4. The fourth-order valence-electron chi connectivity index (χ4n) is 2.33. The maximum absolute atomic E-state index is 6.73. The molecule has 1 aromatic rings. The van der Waals surface area contributed by atoms with Crippen molar-refractivity contribution in [2.24, 2.45) is 5.92 Å². The van der Waals surface area contributed by atoms with E-state index in [0.717, 1.165) is 5.56 Å². The minimum absolute atomic E-state index is 0.0935. The average Bonchev–Trinajstić information content (AvgIpc) is 2.46. The molecular formula is C19H32Cl2O3Si. The number of hydrogen-bond acceptors (Lipinski definition) is 3. The van der Waals surface area contributed by atoms with E-state index in [1.165, 1.54) is 0 Å². The number of benzene rings is 1. The molecule has 25 heavy (non-hydrogen) atoms. The van der Waals surface area contributed by atoms with Crippen molar-refractivity contribution in [3.8, 4) is 0 Å². The molecule has 0 heterocycles. The van der Waals surface area contributed by atoms with Crippen molar-refractivity contribution in [3.63, 3.8) is 0 Å². The molecule has 0 bridgehead atoms. The van der Waals surface area contributed by atoms with Gasteiger partial charge in [0.1, 0.15) is 12.9 Å². The zero-order valence-corrected chi connectivity index (χ0v) is 19.2. The van der Waals surface area contributed by atoms with Gasteiger partial charge in [-0.3, -0.25) is 0 Å². The van der Waals surface area contributed by atoms with E-state index in [1.807, 2.05) is 18.2 Å². The third-order valence-electron chi connectivity index (χ3n) is 4.84. The lowest BCUT2D eigenvalue weighted by atomic mass is 9.96. The van der Waals surface area contributed by atoms with Crippen molar-refractivity contribution in [2.75, 3.05) is 13.9 Å². The Hall–Kier alpha value is -0.103. The fourth-order valence-corrected chi connectivity index (χ4v) is 4.37. The SMILES string of the molecule is COCO[C@H](c1c(Cl)cccc1Cl)[C@H](O[Si](C)(C)C(C)(C)C)C(C)C. The minimum Gasteiger partial charge on any atom is -0.411 e. The molecule has 0 N–H and O–H groups in total. The Labute approximate surface area is 164 Å². The molecule has 0 amide bonds. The second kappa shape index (κ2) is 9.20. The second-order valence-corrected chi connectivity index (χ2v) is 13.8. The van der Waals surface area contributed by atoms with Crippen LogP contribution in [0.15, 0.2) is 18.2 Å². The molecular weight excluding hydrogens is 375 g/mol. The van der Waals surface area contributed by atoms with Crippen LogP contribution in [0.5, 0.6) is 0 Å². The summed E-state index contributed by atoms with van der Waals surface area (Å²) in [6.07, 6.45) is -0.566. The van der Waals surface area contributed by atoms with E-state index in [0.29, 0.717) is 10.0 Å². The standard InChI is InChI=1S/C19H32Cl2O3Si/c1-13(2)17(24-25(7,8)19(3,4)5)18(23-12-22-6)16-14(20)10-9-11-15(16)21/h9-11,13,17-18H,12H2,1-8H3/t17-,18-/m1/s1. The quantitative estimate of drug-likeness (QED) is 0.354. The van der Waals surface area contributed by atoms with Crippen LogP contribution >= 0.6 is 23.2 Å². The summed E-state index contributed by atoms with van der Waals surface area (Å²) in [5.74, 6) is 0.225. The summed E-state index contributed by atoms with van der Waals surface area (Å²) < 4.78 is 17.9. The minimum atomic E-state index is -2.01. The molecule has 0 aliphatic rings. The monoisotopic (exact) mass is 406 g/mol.